The monoisotopic (exact) mass is 258 g/mol. The van der Waals surface area contributed by atoms with E-state index in [2.05, 4.69) is 17.6 Å². The van der Waals surface area contributed by atoms with Crippen molar-refractivity contribution in [3.05, 3.63) is 0 Å². The molecule has 1 unspecified atom stereocenters. The molecule has 0 heterocycles. The molecule has 5 heteroatoms. The van der Waals surface area contributed by atoms with E-state index in [1.165, 1.54) is 0 Å². The van der Waals surface area contributed by atoms with Crippen LogP contribution in [0.2, 0.25) is 0 Å². The minimum absolute atomic E-state index is 0.229. The zero-order valence-electron chi connectivity index (χ0n) is 12.1. The van der Waals surface area contributed by atoms with Gasteiger partial charge in [0.25, 0.3) is 0 Å². The third kappa shape index (κ3) is 5.69. The van der Waals surface area contributed by atoms with Gasteiger partial charge in [0.1, 0.15) is 5.60 Å². The molecule has 1 saturated carbocycles. The second-order valence-electron chi connectivity index (χ2n) is 6.03. The Morgan fingerprint density at radius 1 is 1.33 bits per heavy atom. The highest BCUT2D eigenvalue weighted by atomic mass is 16.6. The van der Waals surface area contributed by atoms with E-state index in [1.54, 1.807) is 7.11 Å². The number of hydrogen-bond acceptors (Lipinski definition) is 4. The lowest BCUT2D eigenvalue weighted by Gasteiger charge is -2.38. The molecule has 5 nitrogen and oxygen atoms in total. The number of alkyl carbamates (subject to hydrolysis) is 1. The van der Waals surface area contributed by atoms with Crippen LogP contribution in [0, 0.1) is 0 Å². The summed E-state index contributed by atoms with van der Waals surface area (Å²) in [6.45, 7) is 8.40. The van der Waals surface area contributed by atoms with Crippen molar-refractivity contribution in [1.29, 1.82) is 0 Å². The van der Waals surface area contributed by atoms with Crippen LogP contribution < -0.4 is 10.6 Å². The quantitative estimate of drug-likeness (QED) is 0.787. The molecule has 1 aliphatic carbocycles. The molecular weight excluding hydrogens is 232 g/mol. The summed E-state index contributed by atoms with van der Waals surface area (Å²) in [5.74, 6) is 0. The van der Waals surface area contributed by atoms with Gasteiger partial charge in [0.05, 0.1) is 6.61 Å². The standard InChI is InChI=1S/C13H26N2O3/c1-9(8-17-5)14-10-6-11(7-10)15-12(16)18-13(2,3)4/h9-11,14H,6-8H2,1-5H3,(H,15,16). The van der Waals surface area contributed by atoms with Gasteiger partial charge in [-0.1, -0.05) is 0 Å². The van der Waals surface area contributed by atoms with Gasteiger partial charge in [-0.2, -0.15) is 0 Å². The van der Waals surface area contributed by atoms with E-state index in [4.69, 9.17) is 9.47 Å². The number of methoxy groups -OCH3 is 1. The van der Waals surface area contributed by atoms with E-state index in [1.807, 2.05) is 20.8 Å². The van der Waals surface area contributed by atoms with Crippen LogP contribution in [0.5, 0.6) is 0 Å². The van der Waals surface area contributed by atoms with Crippen molar-refractivity contribution in [2.75, 3.05) is 13.7 Å². The van der Waals surface area contributed by atoms with Crippen LogP contribution in [0.25, 0.3) is 0 Å². The number of amides is 1. The molecule has 0 aromatic carbocycles. The molecule has 0 spiro atoms. The van der Waals surface area contributed by atoms with E-state index in [9.17, 15) is 4.79 Å². The fourth-order valence-electron chi connectivity index (χ4n) is 2.05. The van der Waals surface area contributed by atoms with Crippen molar-refractivity contribution in [3.8, 4) is 0 Å². The predicted molar refractivity (Wildman–Crippen MR) is 70.7 cm³/mol. The zero-order chi connectivity index (χ0) is 13.8. The van der Waals surface area contributed by atoms with Gasteiger partial charge in [-0.15, -0.1) is 0 Å². The summed E-state index contributed by atoms with van der Waals surface area (Å²) in [6, 6.07) is 1.05. The summed E-state index contributed by atoms with van der Waals surface area (Å²) < 4.78 is 10.3. The van der Waals surface area contributed by atoms with Crippen molar-refractivity contribution in [2.45, 2.75) is 64.3 Å². The number of nitrogens with one attached hydrogen (secondary N) is 2. The number of ether oxygens (including phenoxy) is 2. The topological polar surface area (TPSA) is 59.6 Å². The molecule has 1 aliphatic rings. The van der Waals surface area contributed by atoms with Crippen LogP contribution in [0.4, 0.5) is 4.79 Å². The van der Waals surface area contributed by atoms with Gasteiger partial charge >= 0.3 is 6.09 Å². The van der Waals surface area contributed by atoms with Gasteiger partial charge in [-0.25, -0.2) is 4.79 Å². The normalized spacial score (nSPS) is 25.2. The highest BCUT2D eigenvalue weighted by Crippen LogP contribution is 2.21. The Hall–Kier alpha value is -0.810. The minimum atomic E-state index is -0.432. The van der Waals surface area contributed by atoms with Crippen LogP contribution in [0.3, 0.4) is 0 Å². The Bertz CT molecular complexity index is 270. The molecule has 2 N–H and O–H groups in total. The first-order valence-corrected chi connectivity index (χ1v) is 6.54. The van der Waals surface area contributed by atoms with Gasteiger partial charge in [-0.3, -0.25) is 0 Å². The van der Waals surface area contributed by atoms with Crippen LogP contribution in [-0.4, -0.2) is 43.5 Å². The molecule has 106 valence electrons. The second-order valence-corrected chi connectivity index (χ2v) is 6.03. The molecular formula is C13H26N2O3. The number of rotatable bonds is 5. The van der Waals surface area contributed by atoms with Gasteiger partial charge < -0.3 is 20.1 Å². The number of carbonyl (C=O) groups is 1. The van der Waals surface area contributed by atoms with Crippen molar-refractivity contribution < 1.29 is 14.3 Å². The molecule has 0 radical (unpaired) electrons. The SMILES string of the molecule is COCC(C)NC1CC(NC(=O)OC(C)(C)C)C1. The Morgan fingerprint density at radius 2 is 1.94 bits per heavy atom. The number of carbonyl (C=O) groups excluding carboxylic acids is 1. The van der Waals surface area contributed by atoms with Crippen LogP contribution in [-0.2, 0) is 9.47 Å². The lowest BCUT2D eigenvalue weighted by molar-refractivity contribution is 0.0459. The fourth-order valence-corrected chi connectivity index (χ4v) is 2.05. The average molecular weight is 258 g/mol. The molecule has 1 rings (SSSR count). The maximum absolute atomic E-state index is 11.5. The molecule has 0 aliphatic heterocycles. The Labute approximate surface area is 110 Å². The maximum atomic E-state index is 11.5. The van der Waals surface area contributed by atoms with Gasteiger partial charge in [0.2, 0.25) is 0 Å². The first-order valence-electron chi connectivity index (χ1n) is 6.54. The molecule has 1 amide bonds. The third-order valence-corrected chi connectivity index (χ3v) is 2.80. The Morgan fingerprint density at radius 3 is 2.44 bits per heavy atom. The predicted octanol–water partition coefficient (Wildman–Crippen LogP) is 1.67. The third-order valence-electron chi connectivity index (χ3n) is 2.80. The molecule has 1 atom stereocenters. The van der Waals surface area contributed by atoms with Crippen LogP contribution in [0.1, 0.15) is 40.5 Å². The smallest absolute Gasteiger partial charge is 0.407 e. The van der Waals surface area contributed by atoms with Crippen LogP contribution in [0.15, 0.2) is 0 Å². The molecule has 18 heavy (non-hydrogen) atoms. The largest absolute Gasteiger partial charge is 0.444 e. The Balaban J connectivity index is 2.13. The lowest BCUT2D eigenvalue weighted by Crippen LogP contribution is -2.55. The molecule has 0 aromatic heterocycles. The van der Waals surface area contributed by atoms with Gasteiger partial charge in [-0.05, 0) is 40.5 Å². The highest BCUT2D eigenvalue weighted by molar-refractivity contribution is 5.68. The Kier molecular flexibility index (Phi) is 5.41. The van der Waals surface area contributed by atoms with Gasteiger partial charge in [0.15, 0.2) is 0 Å². The second kappa shape index (κ2) is 6.38. The molecule has 0 saturated heterocycles. The fraction of sp³-hybridized carbons (Fsp3) is 0.923. The van der Waals surface area contributed by atoms with Crippen molar-refractivity contribution in [1.82, 2.24) is 10.6 Å². The van der Waals surface area contributed by atoms with E-state index in [-0.39, 0.29) is 12.1 Å². The summed E-state index contributed by atoms with van der Waals surface area (Å²) in [7, 11) is 1.70. The van der Waals surface area contributed by atoms with Crippen molar-refractivity contribution >= 4 is 6.09 Å². The van der Waals surface area contributed by atoms with E-state index < -0.39 is 5.60 Å². The average Bonchev–Trinajstić information content (AvgIpc) is 2.11. The van der Waals surface area contributed by atoms with Crippen molar-refractivity contribution in [3.63, 3.8) is 0 Å². The number of hydrogen-bond donors (Lipinski definition) is 2. The zero-order valence-corrected chi connectivity index (χ0v) is 12.1. The van der Waals surface area contributed by atoms with E-state index in [0.29, 0.717) is 18.7 Å². The summed E-state index contributed by atoms with van der Waals surface area (Å²) >= 11 is 0. The summed E-state index contributed by atoms with van der Waals surface area (Å²) in [4.78, 5) is 11.5. The maximum Gasteiger partial charge on any atom is 0.407 e. The van der Waals surface area contributed by atoms with E-state index >= 15 is 0 Å². The summed E-state index contributed by atoms with van der Waals surface area (Å²) in [5, 5.41) is 6.33. The first kappa shape index (κ1) is 15.2. The molecule has 0 bridgehead atoms. The molecule has 1 fully saturated rings. The van der Waals surface area contributed by atoms with Gasteiger partial charge in [0, 0.05) is 25.2 Å². The summed E-state index contributed by atoms with van der Waals surface area (Å²) in [6.07, 6.45) is 1.58. The lowest BCUT2D eigenvalue weighted by atomic mass is 9.86. The van der Waals surface area contributed by atoms with E-state index in [0.717, 1.165) is 12.8 Å². The minimum Gasteiger partial charge on any atom is -0.444 e. The van der Waals surface area contributed by atoms with Crippen molar-refractivity contribution in [2.24, 2.45) is 0 Å². The first-order chi connectivity index (χ1) is 8.30. The summed E-state index contributed by atoms with van der Waals surface area (Å²) in [5.41, 5.74) is -0.432. The molecule has 0 aromatic rings. The highest BCUT2D eigenvalue weighted by Gasteiger charge is 2.32. The van der Waals surface area contributed by atoms with Crippen LogP contribution >= 0.6 is 0 Å².